The van der Waals surface area contributed by atoms with Gasteiger partial charge in [-0.25, -0.2) is 9.67 Å². The molecule has 1 heterocycles. The number of aryl methyl sites for hydroxylation is 1. The van der Waals surface area contributed by atoms with E-state index in [1.165, 1.54) is 11.0 Å². The molecule has 62 valence electrons. The summed E-state index contributed by atoms with van der Waals surface area (Å²) >= 11 is 0. The lowest BCUT2D eigenvalue weighted by Crippen LogP contribution is -2.18. The van der Waals surface area contributed by atoms with Crippen molar-refractivity contribution in [1.29, 1.82) is 0 Å². The average Bonchev–Trinajstić information content (AvgIpc) is 2.34. The molecule has 6 heteroatoms. The second kappa shape index (κ2) is 4.05. The maximum atomic E-state index is 10.8. The van der Waals surface area contributed by atoms with Gasteiger partial charge in [-0.15, -0.1) is 12.4 Å². The largest absolute Gasteiger partial charge is 0.324 e. The van der Waals surface area contributed by atoms with Crippen LogP contribution in [0.1, 0.15) is 10.6 Å². The van der Waals surface area contributed by atoms with Crippen molar-refractivity contribution in [1.82, 2.24) is 14.8 Å². The first-order chi connectivity index (χ1) is 4.75. The minimum atomic E-state index is -0.194. The van der Waals surface area contributed by atoms with Gasteiger partial charge in [0.2, 0.25) is 5.78 Å². The Morgan fingerprint density at radius 2 is 2.45 bits per heavy atom. The first-order valence-electron chi connectivity index (χ1n) is 2.83. The third kappa shape index (κ3) is 1.99. The molecule has 11 heavy (non-hydrogen) atoms. The fraction of sp³-hybridized carbons (Fsp3) is 0.400. The molecule has 1 aromatic heterocycles. The summed E-state index contributed by atoms with van der Waals surface area (Å²) in [5.41, 5.74) is 5.10. The molecule has 0 spiro atoms. The van der Waals surface area contributed by atoms with E-state index in [-0.39, 0.29) is 24.7 Å². The molecule has 0 bridgehead atoms. The van der Waals surface area contributed by atoms with Gasteiger partial charge in [0.05, 0.1) is 6.54 Å². The van der Waals surface area contributed by atoms with E-state index in [4.69, 9.17) is 5.73 Å². The third-order valence-corrected chi connectivity index (χ3v) is 1.15. The Kier molecular flexibility index (Phi) is 3.70. The molecule has 0 atom stereocenters. The maximum absolute atomic E-state index is 10.8. The number of halogens is 1. The van der Waals surface area contributed by atoms with Gasteiger partial charge in [-0.2, -0.15) is 5.10 Å². The highest BCUT2D eigenvalue weighted by atomic mass is 35.5. The first-order valence-corrected chi connectivity index (χ1v) is 2.83. The standard InChI is InChI=1S/C5H8N4O.ClH/c1-9-5(4(10)2-6)7-3-8-9;/h3H,2,6H2,1H3;1H. The van der Waals surface area contributed by atoms with E-state index in [0.717, 1.165) is 0 Å². The zero-order valence-corrected chi connectivity index (χ0v) is 6.84. The molecule has 1 aromatic rings. The Morgan fingerprint density at radius 3 is 2.82 bits per heavy atom. The number of hydrogen-bond donors (Lipinski definition) is 1. The minimum absolute atomic E-state index is 0. The molecular formula is C5H9ClN4O. The van der Waals surface area contributed by atoms with Crippen LogP contribution in [0.15, 0.2) is 6.33 Å². The van der Waals surface area contributed by atoms with Crippen LogP contribution in [0.3, 0.4) is 0 Å². The van der Waals surface area contributed by atoms with Gasteiger partial charge in [0.15, 0.2) is 5.82 Å². The van der Waals surface area contributed by atoms with Gasteiger partial charge < -0.3 is 5.73 Å². The second-order valence-electron chi connectivity index (χ2n) is 1.83. The smallest absolute Gasteiger partial charge is 0.213 e. The van der Waals surface area contributed by atoms with Crippen LogP contribution < -0.4 is 5.73 Å². The van der Waals surface area contributed by atoms with Crippen LogP contribution in [-0.2, 0) is 7.05 Å². The fourth-order valence-electron chi connectivity index (χ4n) is 0.640. The lowest BCUT2D eigenvalue weighted by molar-refractivity contribution is 0.0987. The van der Waals surface area contributed by atoms with Crippen LogP contribution in [0.25, 0.3) is 0 Å². The first kappa shape index (κ1) is 10.1. The topological polar surface area (TPSA) is 73.8 Å². The van der Waals surface area contributed by atoms with Crippen LogP contribution in [0.4, 0.5) is 0 Å². The minimum Gasteiger partial charge on any atom is -0.324 e. The number of nitrogens with two attached hydrogens (primary N) is 1. The van der Waals surface area contributed by atoms with Crippen LogP contribution in [-0.4, -0.2) is 27.1 Å². The molecule has 1 rings (SSSR count). The molecule has 2 N–H and O–H groups in total. The molecule has 0 saturated carbocycles. The highest BCUT2D eigenvalue weighted by Gasteiger charge is 2.07. The van der Waals surface area contributed by atoms with E-state index in [9.17, 15) is 4.79 Å². The van der Waals surface area contributed by atoms with Crippen molar-refractivity contribution in [3.05, 3.63) is 12.2 Å². The van der Waals surface area contributed by atoms with Crippen LogP contribution in [0, 0.1) is 0 Å². The number of nitrogens with zero attached hydrogens (tertiary/aromatic N) is 3. The number of carbonyl (C=O) groups is 1. The predicted molar refractivity (Wildman–Crippen MR) is 41.6 cm³/mol. The summed E-state index contributed by atoms with van der Waals surface area (Å²) in [6.45, 7) is -0.0213. The SMILES string of the molecule is Cl.Cn1ncnc1C(=O)CN. The molecule has 0 amide bonds. The lowest BCUT2D eigenvalue weighted by atomic mass is 10.4. The van der Waals surface area contributed by atoms with Crippen LogP contribution in [0.2, 0.25) is 0 Å². The van der Waals surface area contributed by atoms with Gasteiger partial charge in [0.25, 0.3) is 0 Å². The summed E-state index contributed by atoms with van der Waals surface area (Å²) in [5.74, 6) is 0.113. The highest BCUT2D eigenvalue weighted by molar-refractivity contribution is 5.94. The molecule has 0 unspecified atom stereocenters. The van der Waals surface area contributed by atoms with Crippen LogP contribution in [0.5, 0.6) is 0 Å². The van der Waals surface area contributed by atoms with Gasteiger partial charge in [-0.3, -0.25) is 4.79 Å². The quantitative estimate of drug-likeness (QED) is 0.610. The Morgan fingerprint density at radius 1 is 1.82 bits per heavy atom. The van der Waals surface area contributed by atoms with Crippen molar-refractivity contribution in [2.24, 2.45) is 12.8 Å². The zero-order chi connectivity index (χ0) is 7.56. The number of rotatable bonds is 2. The molecule has 0 radical (unpaired) electrons. The highest BCUT2D eigenvalue weighted by Crippen LogP contribution is 1.89. The molecular weight excluding hydrogens is 168 g/mol. The molecule has 0 aliphatic carbocycles. The van der Waals surface area contributed by atoms with E-state index in [1.807, 2.05) is 0 Å². The predicted octanol–water partition coefficient (Wildman–Crippen LogP) is -0.622. The van der Waals surface area contributed by atoms with Crippen LogP contribution >= 0.6 is 12.4 Å². The Labute approximate surface area is 70.0 Å². The van der Waals surface area contributed by atoms with E-state index in [0.29, 0.717) is 5.82 Å². The Bertz CT molecular complexity index is 246. The molecule has 5 nitrogen and oxygen atoms in total. The number of hydrogen-bond acceptors (Lipinski definition) is 4. The van der Waals surface area contributed by atoms with Gasteiger partial charge in [-0.1, -0.05) is 0 Å². The molecule has 0 fully saturated rings. The zero-order valence-electron chi connectivity index (χ0n) is 6.02. The van der Waals surface area contributed by atoms with Crippen molar-refractivity contribution in [3.8, 4) is 0 Å². The van der Waals surface area contributed by atoms with E-state index < -0.39 is 0 Å². The number of aromatic nitrogens is 3. The summed E-state index contributed by atoms with van der Waals surface area (Å²) in [6.07, 6.45) is 1.32. The van der Waals surface area contributed by atoms with E-state index >= 15 is 0 Å². The summed E-state index contributed by atoms with van der Waals surface area (Å²) in [6, 6.07) is 0. The number of ketones is 1. The van der Waals surface area contributed by atoms with Gasteiger partial charge >= 0.3 is 0 Å². The van der Waals surface area contributed by atoms with Gasteiger partial charge in [0, 0.05) is 7.05 Å². The van der Waals surface area contributed by atoms with E-state index in [1.54, 1.807) is 7.05 Å². The molecule has 0 aliphatic heterocycles. The average molecular weight is 177 g/mol. The molecule has 0 aliphatic rings. The van der Waals surface area contributed by atoms with Crippen molar-refractivity contribution in [2.45, 2.75) is 0 Å². The number of Topliss-reactive ketones (excluding diaryl/α,β-unsaturated/α-hetero) is 1. The summed E-state index contributed by atoms with van der Waals surface area (Å²) in [5, 5.41) is 3.71. The monoisotopic (exact) mass is 176 g/mol. The molecule has 0 saturated heterocycles. The fourth-order valence-corrected chi connectivity index (χ4v) is 0.640. The third-order valence-electron chi connectivity index (χ3n) is 1.15. The normalized spacial score (nSPS) is 8.91. The maximum Gasteiger partial charge on any atom is 0.213 e. The van der Waals surface area contributed by atoms with Crippen molar-refractivity contribution < 1.29 is 4.79 Å². The van der Waals surface area contributed by atoms with Crippen molar-refractivity contribution >= 4 is 18.2 Å². The van der Waals surface area contributed by atoms with Gasteiger partial charge in [-0.05, 0) is 0 Å². The summed E-state index contributed by atoms with van der Waals surface area (Å²) < 4.78 is 1.40. The lowest BCUT2D eigenvalue weighted by Gasteiger charge is -1.93. The number of carbonyl (C=O) groups excluding carboxylic acids is 1. The molecule has 0 aromatic carbocycles. The second-order valence-corrected chi connectivity index (χ2v) is 1.83. The van der Waals surface area contributed by atoms with Crippen molar-refractivity contribution in [2.75, 3.05) is 6.54 Å². The van der Waals surface area contributed by atoms with Crippen molar-refractivity contribution in [3.63, 3.8) is 0 Å². The summed E-state index contributed by atoms with van der Waals surface area (Å²) in [7, 11) is 1.65. The Balaban J connectivity index is 0.000001000. The van der Waals surface area contributed by atoms with Gasteiger partial charge in [0.1, 0.15) is 6.33 Å². The summed E-state index contributed by atoms with van der Waals surface area (Å²) in [4.78, 5) is 14.6. The van der Waals surface area contributed by atoms with E-state index in [2.05, 4.69) is 10.1 Å². The Hall–Kier alpha value is -0.940.